The molecule has 1 aliphatic rings. The highest BCUT2D eigenvalue weighted by Crippen LogP contribution is 2.46. The molecule has 1 aliphatic heterocycles. The van der Waals surface area contributed by atoms with E-state index >= 15 is 0 Å². The monoisotopic (exact) mass is 389 g/mol. The number of likely N-dealkylation sites (tertiary alicyclic amines) is 1. The van der Waals surface area contributed by atoms with Crippen LogP contribution in [0.1, 0.15) is 84.6 Å². The van der Waals surface area contributed by atoms with Gasteiger partial charge in [0.2, 0.25) is 0 Å². The molecule has 2 rings (SSSR count). The minimum absolute atomic E-state index is 0.203. The first-order chi connectivity index (χ1) is 13.4. The average molecular weight is 390 g/mol. The molecule has 4 unspecified atom stereocenters. The van der Waals surface area contributed by atoms with E-state index in [1.807, 2.05) is 0 Å². The van der Waals surface area contributed by atoms with Gasteiger partial charge in [0.25, 0.3) is 0 Å². The SMILES string of the molecule is CCCCC(CC)CC(C)Oc1cc(C2CN(C)CC2(C)CC)ccc1OC. The number of ether oxygens (including phenoxy) is 2. The summed E-state index contributed by atoms with van der Waals surface area (Å²) < 4.78 is 12.1. The summed E-state index contributed by atoms with van der Waals surface area (Å²) in [4.78, 5) is 2.46. The van der Waals surface area contributed by atoms with Crippen LogP contribution >= 0.6 is 0 Å². The lowest BCUT2D eigenvalue weighted by Gasteiger charge is -2.30. The smallest absolute Gasteiger partial charge is 0.161 e. The van der Waals surface area contributed by atoms with E-state index in [4.69, 9.17) is 9.47 Å². The van der Waals surface area contributed by atoms with Crippen molar-refractivity contribution in [2.75, 3.05) is 27.2 Å². The molecular formula is C25H43NO2. The summed E-state index contributed by atoms with van der Waals surface area (Å²) in [7, 11) is 3.97. The minimum atomic E-state index is 0.203. The zero-order valence-electron chi connectivity index (χ0n) is 19.4. The highest BCUT2D eigenvalue weighted by molar-refractivity contribution is 5.45. The Kier molecular flexibility index (Phi) is 8.67. The fourth-order valence-electron chi connectivity index (χ4n) is 4.91. The lowest BCUT2D eigenvalue weighted by Crippen LogP contribution is -2.24. The Hall–Kier alpha value is -1.22. The summed E-state index contributed by atoms with van der Waals surface area (Å²) in [6.07, 6.45) is 7.63. The van der Waals surface area contributed by atoms with Crippen LogP contribution in [0.2, 0.25) is 0 Å². The highest BCUT2D eigenvalue weighted by atomic mass is 16.5. The van der Waals surface area contributed by atoms with Crippen LogP contribution in [-0.2, 0) is 0 Å². The van der Waals surface area contributed by atoms with Crippen LogP contribution in [0.15, 0.2) is 18.2 Å². The fourth-order valence-corrected chi connectivity index (χ4v) is 4.91. The van der Waals surface area contributed by atoms with Crippen LogP contribution in [-0.4, -0.2) is 38.3 Å². The summed E-state index contributed by atoms with van der Waals surface area (Å²) in [6, 6.07) is 6.59. The molecule has 1 fully saturated rings. The van der Waals surface area contributed by atoms with Gasteiger partial charge in [-0.25, -0.2) is 0 Å². The number of methoxy groups -OCH3 is 1. The molecule has 0 aromatic heterocycles. The number of hydrogen-bond acceptors (Lipinski definition) is 3. The molecule has 0 radical (unpaired) electrons. The Bertz CT molecular complexity index is 602. The number of likely N-dealkylation sites (N-methyl/N-ethyl adjacent to an activating group) is 1. The molecule has 160 valence electrons. The van der Waals surface area contributed by atoms with Crippen molar-refractivity contribution < 1.29 is 9.47 Å². The normalized spacial score (nSPS) is 24.9. The Morgan fingerprint density at radius 2 is 1.96 bits per heavy atom. The Morgan fingerprint density at radius 3 is 2.57 bits per heavy atom. The fraction of sp³-hybridized carbons (Fsp3) is 0.760. The predicted octanol–water partition coefficient (Wildman–Crippen LogP) is 6.51. The van der Waals surface area contributed by atoms with E-state index in [2.05, 4.69) is 64.8 Å². The zero-order valence-corrected chi connectivity index (χ0v) is 19.4. The molecule has 1 aromatic rings. The van der Waals surface area contributed by atoms with Crippen molar-refractivity contribution in [1.82, 2.24) is 4.90 Å². The van der Waals surface area contributed by atoms with Gasteiger partial charge in [0.05, 0.1) is 13.2 Å². The molecule has 0 bridgehead atoms. The maximum absolute atomic E-state index is 6.44. The van der Waals surface area contributed by atoms with Gasteiger partial charge in [0, 0.05) is 19.0 Å². The Balaban J connectivity index is 2.16. The van der Waals surface area contributed by atoms with E-state index in [0.717, 1.165) is 36.9 Å². The van der Waals surface area contributed by atoms with Crippen molar-refractivity contribution in [1.29, 1.82) is 0 Å². The molecule has 3 heteroatoms. The van der Waals surface area contributed by atoms with Gasteiger partial charge in [0.15, 0.2) is 11.5 Å². The van der Waals surface area contributed by atoms with Crippen molar-refractivity contribution >= 4 is 0 Å². The number of unbranched alkanes of at least 4 members (excludes halogenated alkanes) is 1. The summed E-state index contributed by atoms with van der Waals surface area (Å²) in [6.45, 7) is 13.8. The van der Waals surface area contributed by atoms with E-state index in [-0.39, 0.29) is 6.10 Å². The maximum atomic E-state index is 6.44. The second-order valence-electron chi connectivity index (χ2n) is 9.25. The van der Waals surface area contributed by atoms with Gasteiger partial charge < -0.3 is 14.4 Å². The largest absolute Gasteiger partial charge is 0.493 e. The molecule has 0 aliphatic carbocycles. The van der Waals surface area contributed by atoms with Crippen molar-refractivity contribution in [2.24, 2.45) is 11.3 Å². The van der Waals surface area contributed by atoms with Crippen molar-refractivity contribution in [3.8, 4) is 11.5 Å². The van der Waals surface area contributed by atoms with E-state index in [1.54, 1.807) is 7.11 Å². The van der Waals surface area contributed by atoms with Crippen LogP contribution < -0.4 is 9.47 Å². The first-order valence-electron chi connectivity index (χ1n) is 11.4. The van der Waals surface area contributed by atoms with Gasteiger partial charge in [-0.2, -0.15) is 0 Å². The van der Waals surface area contributed by atoms with Crippen LogP contribution in [0, 0.1) is 11.3 Å². The molecule has 28 heavy (non-hydrogen) atoms. The van der Waals surface area contributed by atoms with Gasteiger partial charge in [-0.05, 0) is 55.8 Å². The lowest BCUT2D eigenvalue weighted by atomic mass is 9.74. The molecule has 0 spiro atoms. The lowest BCUT2D eigenvalue weighted by molar-refractivity contribution is 0.172. The van der Waals surface area contributed by atoms with Crippen LogP contribution in [0.4, 0.5) is 0 Å². The third-order valence-corrected chi connectivity index (χ3v) is 6.90. The molecule has 1 aromatic carbocycles. The average Bonchev–Trinajstić information content (AvgIpc) is 2.99. The third-order valence-electron chi connectivity index (χ3n) is 6.90. The predicted molar refractivity (Wildman–Crippen MR) is 120 cm³/mol. The van der Waals surface area contributed by atoms with Gasteiger partial charge >= 0.3 is 0 Å². The van der Waals surface area contributed by atoms with E-state index < -0.39 is 0 Å². The number of benzene rings is 1. The van der Waals surface area contributed by atoms with Gasteiger partial charge in [-0.3, -0.25) is 0 Å². The molecule has 1 heterocycles. The molecule has 0 saturated carbocycles. The first-order valence-corrected chi connectivity index (χ1v) is 11.4. The Morgan fingerprint density at radius 1 is 1.21 bits per heavy atom. The van der Waals surface area contributed by atoms with Crippen LogP contribution in [0.25, 0.3) is 0 Å². The molecule has 0 amide bonds. The zero-order chi connectivity index (χ0) is 20.7. The number of rotatable bonds is 11. The second kappa shape index (κ2) is 10.5. The molecule has 4 atom stereocenters. The quantitative estimate of drug-likeness (QED) is 0.430. The third kappa shape index (κ3) is 5.65. The van der Waals surface area contributed by atoms with Crippen molar-refractivity contribution in [3.63, 3.8) is 0 Å². The maximum Gasteiger partial charge on any atom is 0.161 e. The van der Waals surface area contributed by atoms with Gasteiger partial charge in [0.1, 0.15) is 0 Å². The van der Waals surface area contributed by atoms with E-state index in [9.17, 15) is 0 Å². The van der Waals surface area contributed by atoms with Crippen molar-refractivity contribution in [2.45, 2.75) is 85.2 Å². The highest BCUT2D eigenvalue weighted by Gasteiger charge is 2.41. The second-order valence-corrected chi connectivity index (χ2v) is 9.25. The Labute approximate surface area is 173 Å². The molecular weight excluding hydrogens is 346 g/mol. The van der Waals surface area contributed by atoms with E-state index in [0.29, 0.717) is 11.3 Å². The molecule has 1 saturated heterocycles. The van der Waals surface area contributed by atoms with Crippen LogP contribution in [0.5, 0.6) is 11.5 Å². The van der Waals surface area contributed by atoms with Gasteiger partial charge in [-0.1, -0.05) is 59.4 Å². The minimum Gasteiger partial charge on any atom is -0.493 e. The number of nitrogens with zero attached hydrogens (tertiary/aromatic N) is 1. The van der Waals surface area contributed by atoms with Crippen molar-refractivity contribution in [3.05, 3.63) is 23.8 Å². The molecule has 0 N–H and O–H groups in total. The van der Waals surface area contributed by atoms with Gasteiger partial charge in [-0.15, -0.1) is 0 Å². The van der Waals surface area contributed by atoms with Crippen LogP contribution in [0.3, 0.4) is 0 Å². The summed E-state index contributed by atoms with van der Waals surface area (Å²) in [5, 5.41) is 0. The topological polar surface area (TPSA) is 21.7 Å². The summed E-state index contributed by atoms with van der Waals surface area (Å²) in [5.74, 6) is 3.04. The number of hydrogen-bond donors (Lipinski definition) is 0. The first kappa shape index (κ1) is 23.1. The summed E-state index contributed by atoms with van der Waals surface area (Å²) >= 11 is 0. The summed E-state index contributed by atoms with van der Waals surface area (Å²) in [5.41, 5.74) is 1.70. The molecule has 3 nitrogen and oxygen atoms in total. The van der Waals surface area contributed by atoms with E-state index in [1.165, 1.54) is 37.7 Å². The standard InChI is InChI=1S/C25H43NO2/c1-8-11-12-20(9-2)15-19(4)28-24-16-21(13-14-23(24)27-7)22-17-26(6)18-25(22,5)10-3/h13-14,16,19-20,22H,8-12,15,17-18H2,1-7H3.